The van der Waals surface area contributed by atoms with Gasteiger partial charge in [0.25, 0.3) is 3.90 Å². The summed E-state index contributed by atoms with van der Waals surface area (Å²) in [6, 6.07) is 5.05. The molecule has 0 aliphatic rings. The van der Waals surface area contributed by atoms with Crippen LogP contribution >= 0.6 is 22.6 Å². The molecule has 4 nitrogen and oxygen atoms in total. The van der Waals surface area contributed by atoms with E-state index in [2.05, 4.69) is 4.98 Å². The minimum absolute atomic E-state index is 0.336. The van der Waals surface area contributed by atoms with Gasteiger partial charge in [0.05, 0.1) is 12.2 Å². The fourth-order valence-corrected chi connectivity index (χ4v) is 1.74. The minimum Gasteiger partial charge on any atom is -0.462 e. The number of ether oxygens (including phenoxy) is 1. The van der Waals surface area contributed by atoms with Gasteiger partial charge < -0.3 is 9.15 Å². The number of esters is 1. The van der Waals surface area contributed by atoms with Gasteiger partial charge in [-0.3, -0.25) is 0 Å². The quantitative estimate of drug-likeness (QED) is 0.631. The average Bonchev–Trinajstić information content (AvgIpc) is 2.57. The fourth-order valence-electron chi connectivity index (χ4n) is 1.24. The lowest BCUT2D eigenvalue weighted by Crippen LogP contribution is -2.03. The second-order valence-corrected chi connectivity index (χ2v) is 3.79. The molecule has 0 bridgehead atoms. The molecule has 0 radical (unpaired) electrons. The maximum atomic E-state index is 11.4. The van der Waals surface area contributed by atoms with E-state index in [0.29, 0.717) is 27.2 Å². The van der Waals surface area contributed by atoms with E-state index in [4.69, 9.17) is 9.15 Å². The molecule has 0 N–H and O–H groups in total. The number of hydrogen-bond acceptors (Lipinski definition) is 4. The van der Waals surface area contributed by atoms with Crippen molar-refractivity contribution in [2.24, 2.45) is 0 Å². The van der Waals surface area contributed by atoms with Crippen molar-refractivity contribution in [2.75, 3.05) is 6.61 Å². The Kier molecular flexibility index (Phi) is 2.90. The van der Waals surface area contributed by atoms with E-state index >= 15 is 0 Å². The summed E-state index contributed by atoms with van der Waals surface area (Å²) in [7, 11) is 0. The normalized spacial score (nSPS) is 10.5. The third-order valence-corrected chi connectivity index (χ3v) is 2.33. The lowest BCUT2D eigenvalue weighted by Gasteiger charge is -2.00. The first-order valence-corrected chi connectivity index (χ1v) is 5.52. The van der Waals surface area contributed by atoms with Crippen LogP contribution in [0, 0.1) is 3.90 Å². The maximum Gasteiger partial charge on any atom is 0.338 e. The van der Waals surface area contributed by atoms with Crippen LogP contribution in [0.5, 0.6) is 0 Å². The molecular weight excluding hydrogens is 309 g/mol. The number of nitrogens with zero attached hydrogens (tertiary/aromatic N) is 1. The van der Waals surface area contributed by atoms with Gasteiger partial charge in [0.1, 0.15) is 5.52 Å². The highest BCUT2D eigenvalue weighted by Crippen LogP contribution is 2.18. The van der Waals surface area contributed by atoms with Gasteiger partial charge in [-0.1, -0.05) is 0 Å². The number of benzene rings is 1. The van der Waals surface area contributed by atoms with Crippen molar-refractivity contribution < 1.29 is 13.9 Å². The number of aromatic nitrogens is 1. The van der Waals surface area contributed by atoms with Gasteiger partial charge in [-0.05, 0) is 25.1 Å². The van der Waals surface area contributed by atoms with Crippen molar-refractivity contribution in [3.05, 3.63) is 27.7 Å². The summed E-state index contributed by atoms with van der Waals surface area (Å²) in [6.07, 6.45) is 0. The smallest absolute Gasteiger partial charge is 0.338 e. The SMILES string of the molecule is CCOC(=O)c1ccc2oc(I)nc2c1. The second kappa shape index (κ2) is 4.18. The molecule has 2 rings (SSSR count). The molecule has 0 fully saturated rings. The first-order valence-electron chi connectivity index (χ1n) is 4.44. The van der Waals surface area contributed by atoms with Crippen molar-refractivity contribution in [2.45, 2.75) is 6.92 Å². The first-order chi connectivity index (χ1) is 7.20. The molecule has 0 aliphatic carbocycles. The Labute approximate surface area is 99.8 Å². The molecule has 0 saturated heterocycles. The van der Waals surface area contributed by atoms with Crippen LogP contribution in [0.15, 0.2) is 22.6 Å². The highest BCUT2D eigenvalue weighted by molar-refractivity contribution is 14.1. The van der Waals surface area contributed by atoms with Gasteiger partial charge in [0.2, 0.25) is 0 Å². The standard InChI is InChI=1S/C10H8INO3/c1-2-14-9(13)6-3-4-8-7(5-6)12-10(11)15-8/h3-5H,2H2,1H3. The predicted octanol–water partition coefficient (Wildman–Crippen LogP) is 2.61. The van der Waals surface area contributed by atoms with Crippen molar-refractivity contribution in [1.82, 2.24) is 4.98 Å². The molecule has 1 heterocycles. The number of carbonyl (C=O) groups is 1. The van der Waals surface area contributed by atoms with Crippen molar-refractivity contribution in [3.8, 4) is 0 Å². The van der Waals surface area contributed by atoms with Gasteiger partial charge in [0.15, 0.2) is 5.58 Å². The van der Waals surface area contributed by atoms with E-state index < -0.39 is 0 Å². The van der Waals surface area contributed by atoms with Crippen molar-refractivity contribution in [3.63, 3.8) is 0 Å². The van der Waals surface area contributed by atoms with E-state index in [1.165, 1.54) is 0 Å². The van der Waals surface area contributed by atoms with E-state index in [-0.39, 0.29) is 5.97 Å². The van der Waals surface area contributed by atoms with Gasteiger partial charge in [-0.2, -0.15) is 0 Å². The van der Waals surface area contributed by atoms with E-state index in [9.17, 15) is 4.79 Å². The Morgan fingerprint density at radius 1 is 1.60 bits per heavy atom. The zero-order valence-electron chi connectivity index (χ0n) is 7.99. The number of oxazole rings is 1. The van der Waals surface area contributed by atoms with E-state index in [0.717, 1.165) is 0 Å². The molecule has 0 spiro atoms. The molecule has 78 valence electrons. The third-order valence-electron chi connectivity index (χ3n) is 1.87. The third kappa shape index (κ3) is 2.11. The topological polar surface area (TPSA) is 52.3 Å². The number of hydrogen-bond donors (Lipinski definition) is 0. The minimum atomic E-state index is -0.336. The van der Waals surface area contributed by atoms with Crippen LogP contribution in [0.25, 0.3) is 11.1 Å². The number of rotatable bonds is 2. The zero-order valence-corrected chi connectivity index (χ0v) is 10.1. The van der Waals surface area contributed by atoms with Crippen molar-refractivity contribution in [1.29, 1.82) is 0 Å². The lowest BCUT2D eigenvalue weighted by molar-refractivity contribution is 0.0526. The second-order valence-electron chi connectivity index (χ2n) is 2.87. The van der Waals surface area contributed by atoms with Gasteiger partial charge in [0, 0.05) is 22.6 Å². The molecule has 1 aromatic heterocycles. The Bertz CT molecular complexity index is 506. The molecule has 5 heteroatoms. The summed E-state index contributed by atoms with van der Waals surface area (Å²) < 4.78 is 10.7. The summed E-state index contributed by atoms with van der Waals surface area (Å²) in [5.41, 5.74) is 1.84. The van der Waals surface area contributed by atoms with Crippen LogP contribution in [-0.4, -0.2) is 17.6 Å². The van der Waals surface area contributed by atoms with E-state index in [1.807, 2.05) is 22.6 Å². The Morgan fingerprint density at radius 2 is 2.40 bits per heavy atom. The Hall–Kier alpha value is -1.11. The number of halogens is 1. The van der Waals surface area contributed by atoms with Gasteiger partial charge in [-0.15, -0.1) is 0 Å². The largest absolute Gasteiger partial charge is 0.462 e. The number of fused-ring (bicyclic) bond motifs is 1. The molecule has 0 atom stereocenters. The predicted molar refractivity (Wildman–Crippen MR) is 62.7 cm³/mol. The zero-order chi connectivity index (χ0) is 10.8. The molecule has 15 heavy (non-hydrogen) atoms. The molecule has 1 aromatic carbocycles. The number of carbonyl (C=O) groups excluding carboxylic acids is 1. The summed E-state index contributed by atoms with van der Waals surface area (Å²) in [5.74, 6) is -0.336. The summed E-state index contributed by atoms with van der Waals surface area (Å²) in [5, 5.41) is 0. The van der Waals surface area contributed by atoms with Crippen LogP contribution in [-0.2, 0) is 4.74 Å². The summed E-state index contributed by atoms with van der Waals surface area (Å²) in [4.78, 5) is 15.5. The fraction of sp³-hybridized carbons (Fsp3) is 0.200. The molecule has 0 amide bonds. The highest BCUT2D eigenvalue weighted by Gasteiger charge is 2.09. The first kappa shape index (κ1) is 10.4. The van der Waals surface area contributed by atoms with Gasteiger partial charge in [-0.25, -0.2) is 9.78 Å². The van der Waals surface area contributed by atoms with Crippen LogP contribution in [0.2, 0.25) is 0 Å². The Morgan fingerprint density at radius 3 is 3.13 bits per heavy atom. The summed E-state index contributed by atoms with van der Waals surface area (Å²) in [6.45, 7) is 2.14. The Balaban J connectivity index is 2.41. The van der Waals surface area contributed by atoms with E-state index in [1.54, 1.807) is 25.1 Å². The van der Waals surface area contributed by atoms with Crippen molar-refractivity contribution >= 4 is 39.7 Å². The molecule has 2 aromatic rings. The monoisotopic (exact) mass is 317 g/mol. The van der Waals surface area contributed by atoms with Gasteiger partial charge >= 0.3 is 5.97 Å². The highest BCUT2D eigenvalue weighted by atomic mass is 127. The maximum absolute atomic E-state index is 11.4. The molecule has 0 unspecified atom stereocenters. The van der Waals surface area contributed by atoms with Crippen LogP contribution in [0.4, 0.5) is 0 Å². The van der Waals surface area contributed by atoms with Crippen LogP contribution in [0.1, 0.15) is 17.3 Å². The average molecular weight is 317 g/mol. The van der Waals surface area contributed by atoms with Crippen LogP contribution in [0.3, 0.4) is 0 Å². The van der Waals surface area contributed by atoms with Crippen LogP contribution < -0.4 is 0 Å². The summed E-state index contributed by atoms with van der Waals surface area (Å²) >= 11 is 1.98. The lowest BCUT2D eigenvalue weighted by atomic mass is 10.2. The molecule has 0 aliphatic heterocycles. The molecule has 0 saturated carbocycles. The molecular formula is C10H8INO3.